The summed E-state index contributed by atoms with van der Waals surface area (Å²) in [6.45, 7) is 5.89. The van der Waals surface area contributed by atoms with E-state index in [1.165, 1.54) is 6.07 Å². The predicted octanol–water partition coefficient (Wildman–Crippen LogP) is 3.59. The highest BCUT2D eigenvalue weighted by atomic mass is 16.8. The second-order valence-electron chi connectivity index (χ2n) is 4.80. The van der Waals surface area contributed by atoms with Crippen LogP contribution < -0.4 is 0 Å². The molecule has 0 saturated carbocycles. The third-order valence-electron chi connectivity index (χ3n) is 3.69. The highest BCUT2D eigenvalue weighted by Gasteiger charge is 2.45. The molecule has 1 saturated heterocycles. The van der Waals surface area contributed by atoms with Crippen LogP contribution in [0.5, 0.6) is 0 Å². The lowest BCUT2D eigenvalue weighted by atomic mass is 10.0. The maximum atomic E-state index is 11.1. The van der Waals surface area contributed by atoms with Crippen LogP contribution in [-0.4, -0.2) is 16.8 Å². The molecule has 5 nitrogen and oxygen atoms in total. The molecule has 2 rings (SSSR count). The summed E-state index contributed by atoms with van der Waals surface area (Å²) in [4.78, 5) is 10.7. The van der Waals surface area contributed by atoms with Crippen molar-refractivity contribution in [3.05, 3.63) is 39.9 Å². The molecule has 0 N–H and O–H groups in total. The zero-order chi connectivity index (χ0) is 14.0. The molecule has 0 bridgehead atoms. The van der Waals surface area contributed by atoms with Crippen molar-refractivity contribution in [3.8, 4) is 0 Å². The molecule has 0 amide bonds. The topological polar surface area (TPSA) is 61.6 Å². The van der Waals surface area contributed by atoms with Gasteiger partial charge in [0.1, 0.15) is 6.10 Å². The smallest absolute Gasteiger partial charge is 0.275 e. The van der Waals surface area contributed by atoms with Crippen LogP contribution in [0.2, 0.25) is 0 Å². The zero-order valence-corrected chi connectivity index (χ0v) is 11.5. The first kappa shape index (κ1) is 14.0. The van der Waals surface area contributed by atoms with Gasteiger partial charge in [0.15, 0.2) is 5.79 Å². The Balaban J connectivity index is 2.36. The van der Waals surface area contributed by atoms with Crippen molar-refractivity contribution in [3.63, 3.8) is 0 Å². The Kier molecular flexibility index (Phi) is 3.87. The Morgan fingerprint density at radius 3 is 2.42 bits per heavy atom. The van der Waals surface area contributed by atoms with Gasteiger partial charge < -0.3 is 9.47 Å². The van der Waals surface area contributed by atoms with E-state index in [1.54, 1.807) is 18.2 Å². The van der Waals surface area contributed by atoms with Gasteiger partial charge in [-0.1, -0.05) is 26.0 Å². The van der Waals surface area contributed by atoms with E-state index in [4.69, 9.17) is 9.47 Å². The van der Waals surface area contributed by atoms with Crippen LogP contribution in [0, 0.1) is 10.1 Å². The Hall–Kier alpha value is -1.46. The first-order valence-corrected chi connectivity index (χ1v) is 6.62. The summed E-state index contributed by atoms with van der Waals surface area (Å²) in [5, 5.41) is 11.1. The minimum atomic E-state index is -0.617. The average molecular weight is 265 g/mol. The number of hydrogen-bond donors (Lipinski definition) is 0. The number of nitro benzene ring substituents is 1. The van der Waals surface area contributed by atoms with Gasteiger partial charge >= 0.3 is 0 Å². The quantitative estimate of drug-likeness (QED) is 0.616. The lowest BCUT2D eigenvalue weighted by Gasteiger charge is -2.25. The molecule has 2 atom stereocenters. The van der Waals surface area contributed by atoms with Gasteiger partial charge in [0.05, 0.1) is 16.6 Å². The molecule has 104 valence electrons. The van der Waals surface area contributed by atoms with Crippen molar-refractivity contribution in [2.24, 2.45) is 0 Å². The minimum absolute atomic E-state index is 0.0888. The van der Waals surface area contributed by atoms with Crippen LogP contribution in [0.3, 0.4) is 0 Å². The molecule has 0 aliphatic carbocycles. The van der Waals surface area contributed by atoms with E-state index < -0.39 is 5.79 Å². The summed E-state index contributed by atoms with van der Waals surface area (Å²) < 4.78 is 11.9. The normalized spacial score (nSPS) is 25.4. The molecule has 1 aliphatic rings. The Labute approximate surface area is 112 Å². The maximum Gasteiger partial charge on any atom is 0.275 e. The molecule has 1 aliphatic heterocycles. The molecular weight excluding hydrogens is 246 g/mol. The molecule has 1 fully saturated rings. The van der Waals surface area contributed by atoms with Gasteiger partial charge in [-0.25, -0.2) is 0 Å². The number of para-hydroxylation sites is 1. The first-order chi connectivity index (χ1) is 9.03. The van der Waals surface area contributed by atoms with Crippen molar-refractivity contribution < 1.29 is 14.4 Å². The fraction of sp³-hybridized carbons (Fsp3) is 0.571. The molecule has 19 heavy (non-hydrogen) atoms. The number of nitro groups is 1. The van der Waals surface area contributed by atoms with E-state index in [1.807, 2.05) is 20.8 Å². The molecule has 0 spiro atoms. The largest absolute Gasteiger partial charge is 0.344 e. The molecule has 1 aromatic rings. The highest BCUT2D eigenvalue weighted by molar-refractivity contribution is 5.42. The van der Waals surface area contributed by atoms with E-state index in [-0.39, 0.29) is 22.8 Å². The predicted molar refractivity (Wildman–Crippen MR) is 70.8 cm³/mol. The SMILES string of the molecule is CCC1(CC)OC(C)C(c2ccccc2[N+](=O)[O-])O1. The van der Waals surface area contributed by atoms with E-state index >= 15 is 0 Å². The summed E-state index contributed by atoms with van der Waals surface area (Å²) in [5.41, 5.74) is 0.676. The summed E-state index contributed by atoms with van der Waals surface area (Å²) in [6.07, 6.45) is 0.873. The van der Waals surface area contributed by atoms with Gasteiger partial charge in [-0.2, -0.15) is 0 Å². The molecular formula is C14H19NO4. The van der Waals surface area contributed by atoms with Crippen LogP contribution in [0.4, 0.5) is 5.69 Å². The van der Waals surface area contributed by atoms with Gasteiger partial charge in [-0.05, 0) is 25.8 Å². The van der Waals surface area contributed by atoms with Crippen LogP contribution in [0.15, 0.2) is 24.3 Å². The number of hydrogen-bond acceptors (Lipinski definition) is 4. The number of ether oxygens (including phenoxy) is 2. The Morgan fingerprint density at radius 2 is 1.89 bits per heavy atom. The molecule has 5 heteroatoms. The third-order valence-corrected chi connectivity index (χ3v) is 3.69. The highest BCUT2D eigenvalue weighted by Crippen LogP contribution is 2.44. The van der Waals surface area contributed by atoms with Gasteiger partial charge in [-0.3, -0.25) is 10.1 Å². The van der Waals surface area contributed by atoms with Crippen molar-refractivity contribution in [1.29, 1.82) is 0 Å². The van der Waals surface area contributed by atoms with E-state index in [9.17, 15) is 10.1 Å². The van der Waals surface area contributed by atoms with Crippen molar-refractivity contribution in [2.45, 2.75) is 51.6 Å². The van der Waals surface area contributed by atoms with Gasteiger partial charge in [0, 0.05) is 6.07 Å². The van der Waals surface area contributed by atoms with Crippen LogP contribution in [0.1, 0.15) is 45.3 Å². The molecule has 1 heterocycles. The van der Waals surface area contributed by atoms with Crippen molar-refractivity contribution >= 4 is 5.69 Å². The Morgan fingerprint density at radius 1 is 1.26 bits per heavy atom. The number of benzene rings is 1. The van der Waals surface area contributed by atoms with E-state index in [0.29, 0.717) is 5.56 Å². The summed E-state index contributed by atoms with van der Waals surface area (Å²) in [7, 11) is 0. The van der Waals surface area contributed by atoms with Crippen LogP contribution >= 0.6 is 0 Å². The average Bonchev–Trinajstić information content (AvgIpc) is 2.76. The fourth-order valence-corrected chi connectivity index (χ4v) is 2.55. The van der Waals surface area contributed by atoms with Gasteiger partial charge in [-0.15, -0.1) is 0 Å². The maximum absolute atomic E-state index is 11.1. The van der Waals surface area contributed by atoms with Gasteiger partial charge in [0.25, 0.3) is 5.69 Å². The van der Waals surface area contributed by atoms with Crippen molar-refractivity contribution in [1.82, 2.24) is 0 Å². The number of nitrogens with zero attached hydrogens (tertiary/aromatic N) is 1. The molecule has 0 radical (unpaired) electrons. The molecule has 2 unspecified atom stereocenters. The fourth-order valence-electron chi connectivity index (χ4n) is 2.55. The molecule has 1 aromatic carbocycles. The summed E-state index contributed by atoms with van der Waals surface area (Å²) in [5.74, 6) is -0.617. The van der Waals surface area contributed by atoms with Crippen LogP contribution in [-0.2, 0) is 9.47 Å². The second kappa shape index (κ2) is 5.27. The standard InChI is InChI=1S/C14H19NO4/c1-4-14(5-2)18-10(3)13(19-14)11-8-6-7-9-12(11)15(16)17/h6-10,13H,4-5H2,1-3H3. The summed E-state index contributed by atoms with van der Waals surface area (Å²) in [6, 6.07) is 6.69. The minimum Gasteiger partial charge on any atom is -0.344 e. The second-order valence-corrected chi connectivity index (χ2v) is 4.80. The number of rotatable bonds is 4. The van der Waals surface area contributed by atoms with E-state index in [2.05, 4.69) is 0 Å². The Bertz CT molecular complexity index is 470. The monoisotopic (exact) mass is 265 g/mol. The van der Waals surface area contributed by atoms with E-state index in [0.717, 1.165) is 12.8 Å². The first-order valence-electron chi connectivity index (χ1n) is 6.62. The third kappa shape index (κ3) is 2.48. The molecule has 0 aromatic heterocycles. The van der Waals surface area contributed by atoms with Gasteiger partial charge in [0.2, 0.25) is 0 Å². The van der Waals surface area contributed by atoms with Crippen molar-refractivity contribution in [2.75, 3.05) is 0 Å². The lowest BCUT2D eigenvalue weighted by Crippen LogP contribution is -2.28. The zero-order valence-electron chi connectivity index (χ0n) is 11.5. The summed E-state index contributed by atoms with van der Waals surface area (Å²) >= 11 is 0. The van der Waals surface area contributed by atoms with Crippen LogP contribution in [0.25, 0.3) is 0 Å². The lowest BCUT2D eigenvalue weighted by molar-refractivity contribution is -0.386.